The number of ether oxygens (including phenoxy) is 1. The summed E-state index contributed by atoms with van der Waals surface area (Å²) in [7, 11) is 1.67. The van der Waals surface area contributed by atoms with Crippen LogP contribution in [-0.4, -0.2) is 62.2 Å². The van der Waals surface area contributed by atoms with E-state index in [0.717, 1.165) is 71.1 Å². The highest BCUT2D eigenvalue weighted by molar-refractivity contribution is 7.22. The first-order valence-electron chi connectivity index (χ1n) is 10.1. The van der Waals surface area contributed by atoms with Gasteiger partial charge in [-0.2, -0.15) is 0 Å². The van der Waals surface area contributed by atoms with Gasteiger partial charge in [-0.1, -0.05) is 29.0 Å². The third kappa shape index (κ3) is 3.68. The molecular formula is C22H23ClN4O2S. The number of piperazine rings is 1. The van der Waals surface area contributed by atoms with E-state index < -0.39 is 0 Å². The molecule has 3 aromatic rings. The second kappa shape index (κ2) is 7.96. The Kier molecular flexibility index (Phi) is 5.16. The molecule has 2 fully saturated rings. The lowest BCUT2D eigenvalue weighted by Gasteiger charge is -2.43. The van der Waals surface area contributed by atoms with Crippen LogP contribution in [0.25, 0.3) is 10.2 Å². The summed E-state index contributed by atoms with van der Waals surface area (Å²) in [4.78, 5) is 24.1. The van der Waals surface area contributed by atoms with Crippen LogP contribution in [-0.2, 0) is 4.79 Å². The van der Waals surface area contributed by atoms with Gasteiger partial charge in [0.15, 0.2) is 5.13 Å². The number of fused-ring (bicyclic) bond motifs is 1. The van der Waals surface area contributed by atoms with E-state index in [1.165, 1.54) is 0 Å². The number of rotatable bonds is 4. The van der Waals surface area contributed by atoms with Crippen molar-refractivity contribution in [3.63, 3.8) is 0 Å². The predicted molar refractivity (Wildman–Crippen MR) is 122 cm³/mol. The number of thiazole rings is 1. The van der Waals surface area contributed by atoms with Gasteiger partial charge in [0.25, 0.3) is 0 Å². The van der Waals surface area contributed by atoms with Gasteiger partial charge in [-0.3, -0.25) is 4.79 Å². The van der Waals surface area contributed by atoms with Gasteiger partial charge in [0.1, 0.15) is 5.75 Å². The Morgan fingerprint density at radius 3 is 2.63 bits per heavy atom. The zero-order valence-corrected chi connectivity index (χ0v) is 18.3. The summed E-state index contributed by atoms with van der Waals surface area (Å²) >= 11 is 7.76. The zero-order chi connectivity index (χ0) is 20.7. The van der Waals surface area contributed by atoms with E-state index in [9.17, 15) is 4.79 Å². The van der Waals surface area contributed by atoms with Gasteiger partial charge in [0.2, 0.25) is 5.91 Å². The Morgan fingerprint density at radius 2 is 1.90 bits per heavy atom. The number of hydrogen-bond acceptors (Lipinski definition) is 6. The highest BCUT2D eigenvalue weighted by Gasteiger charge is 2.37. The monoisotopic (exact) mass is 442 g/mol. The van der Waals surface area contributed by atoms with Crippen molar-refractivity contribution in [2.75, 3.05) is 56.2 Å². The third-order valence-corrected chi connectivity index (χ3v) is 7.16. The van der Waals surface area contributed by atoms with E-state index in [1.807, 2.05) is 41.3 Å². The minimum atomic E-state index is 0.0595. The molecule has 0 radical (unpaired) electrons. The summed E-state index contributed by atoms with van der Waals surface area (Å²) in [5.74, 6) is 1.16. The number of methoxy groups -OCH3 is 1. The molecule has 0 N–H and O–H groups in total. The van der Waals surface area contributed by atoms with Crippen LogP contribution in [0.2, 0.25) is 5.02 Å². The predicted octanol–water partition coefficient (Wildman–Crippen LogP) is 3.74. The van der Waals surface area contributed by atoms with Crippen molar-refractivity contribution in [1.82, 2.24) is 9.88 Å². The van der Waals surface area contributed by atoms with E-state index in [1.54, 1.807) is 18.4 Å². The summed E-state index contributed by atoms with van der Waals surface area (Å²) in [6, 6.07) is 13.8. The largest absolute Gasteiger partial charge is 0.497 e. The Bertz CT molecular complexity index is 1070. The Hall–Kier alpha value is -2.51. The molecule has 6 nitrogen and oxygen atoms in total. The van der Waals surface area contributed by atoms with Crippen LogP contribution in [0.5, 0.6) is 5.75 Å². The number of amides is 1. The molecule has 1 amide bonds. The van der Waals surface area contributed by atoms with Crippen LogP contribution in [0.3, 0.4) is 0 Å². The van der Waals surface area contributed by atoms with Crippen LogP contribution in [0.15, 0.2) is 42.5 Å². The highest BCUT2D eigenvalue weighted by atomic mass is 35.5. The molecule has 3 heterocycles. The molecule has 156 valence electrons. The molecule has 0 unspecified atom stereocenters. The summed E-state index contributed by atoms with van der Waals surface area (Å²) in [6.07, 6.45) is 0. The molecule has 8 heteroatoms. The number of anilines is 2. The number of carbonyl (C=O) groups is 1. The lowest BCUT2D eigenvalue weighted by atomic mass is 9.99. The number of aromatic nitrogens is 1. The normalized spacial score (nSPS) is 17.3. The summed E-state index contributed by atoms with van der Waals surface area (Å²) < 4.78 is 6.40. The molecule has 30 heavy (non-hydrogen) atoms. The molecule has 0 aliphatic carbocycles. The molecule has 2 aromatic carbocycles. The smallest absolute Gasteiger partial charge is 0.229 e. The van der Waals surface area contributed by atoms with Crippen molar-refractivity contribution >= 4 is 49.9 Å². The van der Waals surface area contributed by atoms with Gasteiger partial charge < -0.3 is 19.4 Å². The van der Waals surface area contributed by atoms with E-state index in [-0.39, 0.29) is 11.8 Å². The van der Waals surface area contributed by atoms with Crippen molar-refractivity contribution in [3.8, 4) is 5.75 Å². The molecule has 0 spiro atoms. The van der Waals surface area contributed by atoms with E-state index in [4.69, 9.17) is 21.3 Å². The maximum Gasteiger partial charge on any atom is 0.229 e. The van der Waals surface area contributed by atoms with Gasteiger partial charge >= 0.3 is 0 Å². The molecule has 1 aromatic heterocycles. The van der Waals surface area contributed by atoms with Crippen molar-refractivity contribution < 1.29 is 9.53 Å². The van der Waals surface area contributed by atoms with Gasteiger partial charge in [-0.05, 0) is 36.4 Å². The second-order valence-corrected chi connectivity index (χ2v) is 9.17. The maximum atomic E-state index is 12.9. The van der Waals surface area contributed by atoms with Crippen LogP contribution in [0.4, 0.5) is 10.8 Å². The molecular weight excluding hydrogens is 420 g/mol. The molecule has 0 bridgehead atoms. The number of nitrogens with zero attached hydrogens (tertiary/aromatic N) is 4. The van der Waals surface area contributed by atoms with E-state index >= 15 is 0 Å². The molecule has 0 atom stereocenters. The maximum absolute atomic E-state index is 12.9. The molecule has 2 aliphatic heterocycles. The fourth-order valence-corrected chi connectivity index (χ4v) is 5.26. The quantitative estimate of drug-likeness (QED) is 0.616. The Morgan fingerprint density at radius 1 is 1.10 bits per heavy atom. The van der Waals surface area contributed by atoms with Crippen molar-refractivity contribution in [2.24, 2.45) is 5.92 Å². The second-order valence-electron chi connectivity index (χ2n) is 7.72. The number of halogens is 1. The van der Waals surface area contributed by atoms with Crippen molar-refractivity contribution in [1.29, 1.82) is 0 Å². The highest BCUT2D eigenvalue weighted by Crippen LogP contribution is 2.35. The van der Waals surface area contributed by atoms with Crippen LogP contribution in [0, 0.1) is 5.92 Å². The van der Waals surface area contributed by atoms with Crippen LogP contribution in [0.1, 0.15) is 0 Å². The molecule has 5 rings (SSSR count). The number of carbonyl (C=O) groups excluding carboxylic acids is 1. The zero-order valence-electron chi connectivity index (χ0n) is 16.8. The standard InChI is InChI=1S/C22H23ClN4O2S/c1-29-18-5-6-19-20(12-18)30-22(24-19)27-13-15(14-27)21(28)26-9-7-25(8-10-26)17-4-2-3-16(23)11-17/h2-6,11-12,15H,7-10,13-14H2,1H3. The first-order valence-corrected chi connectivity index (χ1v) is 11.3. The molecule has 0 saturated carbocycles. The average molecular weight is 443 g/mol. The van der Waals surface area contributed by atoms with Gasteiger partial charge in [0.05, 0.1) is 23.2 Å². The molecule has 2 saturated heterocycles. The Labute approximate surface area is 184 Å². The summed E-state index contributed by atoms with van der Waals surface area (Å²) in [6.45, 7) is 4.66. The number of benzene rings is 2. The lowest BCUT2D eigenvalue weighted by Crippen LogP contribution is -2.58. The summed E-state index contributed by atoms with van der Waals surface area (Å²) in [5, 5.41) is 1.72. The first-order chi connectivity index (χ1) is 14.6. The SMILES string of the molecule is COc1ccc2nc(N3CC(C(=O)N4CCN(c5cccc(Cl)c5)CC4)C3)sc2c1. The molecule has 2 aliphatic rings. The van der Waals surface area contributed by atoms with Crippen LogP contribution < -0.4 is 14.5 Å². The fourth-order valence-electron chi connectivity index (χ4n) is 4.06. The van der Waals surface area contributed by atoms with Gasteiger partial charge in [-0.25, -0.2) is 4.98 Å². The first kappa shape index (κ1) is 19.5. The average Bonchev–Trinajstić information content (AvgIpc) is 3.15. The van der Waals surface area contributed by atoms with Crippen molar-refractivity contribution in [2.45, 2.75) is 0 Å². The minimum absolute atomic E-state index is 0.0595. The topological polar surface area (TPSA) is 48.9 Å². The van der Waals surface area contributed by atoms with Crippen LogP contribution >= 0.6 is 22.9 Å². The van der Waals surface area contributed by atoms with Crippen molar-refractivity contribution in [3.05, 3.63) is 47.5 Å². The lowest BCUT2D eigenvalue weighted by molar-refractivity contribution is -0.136. The van der Waals surface area contributed by atoms with E-state index in [0.29, 0.717) is 0 Å². The fraction of sp³-hybridized carbons (Fsp3) is 0.364. The third-order valence-electron chi connectivity index (χ3n) is 5.85. The number of hydrogen-bond donors (Lipinski definition) is 0. The van der Waals surface area contributed by atoms with E-state index in [2.05, 4.69) is 15.9 Å². The van der Waals surface area contributed by atoms with Gasteiger partial charge in [0, 0.05) is 50.0 Å². The van der Waals surface area contributed by atoms with Gasteiger partial charge in [-0.15, -0.1) is 0 Å². The summed E-state index contributed by atoms with van der Waals surface area (Å²) in [5.41, 5.74) is 2.10. The Balaban J connectivity index is 1.16. The minimum Gasteiger partial charge on any atom is -0.497 e.